The highest BCUT2D eigenvalue weighted by molar-refractivity contribution is 7.84. The molecule has 0 saturated heterocycles. The Kier molecular flexibility index (Phi) is 6.50. The second kappa shape index (κ2) is 7.39. The van der Waals surface area contributed by atoms with Crippen molar-refractivity contribution in [2.45, 2.75) is 51.5 Å². The number of hydrogen-bond acceptors (Lipinski definition) is 2. The van der Waals surface area contributed by atoms with Crippen LogP contribution >= 0.6 is 0 Å². The van der Waals surface area contributed by atoms with E-state index in [1.165, 1.54) is 38.5 Å². The van der Waals surface area contributed by atoms with Crippen LogP contribution in [0.5, 0.6) is 0 Å². The molecule has 0 radical (unpaired) electrons. The zero-order valence-corrected chi connectivity index (χ0v) is 10.9. The first-order chi connectivity index (χ1) is 7.24. The van der Waals surface area contributed by atoms with E-state index in [9.17, 15) is 4.21 Å². The maximum absolute atomic E-state index is 11.0. The van der Waals surface area contributed by atoms with Crippen molar-refractivity contribution in [3.05, 3.63) is 0 Å². The summed E-state index contributed by atoms with van der Waals surface area (Å²) in [6.45, 7) is 3.17. The standard InChI is InChI=1S/C12H25NOS/c1-3-12(13-9-10-15(2)14)11-7-5-4-6-8-11/h11-13H,3-10H2,1-2H3. The summed E-state index contributed by atoms with van der Waals surface area (Å²) in [6, 6.07) is 0.661. The van der Waals surface area contributed by atoms with Crippen LogP contribution in [0.3, 0.4) is 0 Å². The predicted octanol–water partition coefficient (Wildman–Crippen LogP) is 2.31. The molecule has 0 amide bonds. The van der Waals surface area contributed by atoms with Gasteiger partial charge in [0.2, 0.25) is 0 Å². The number of rotatable bonds is 6. The molecule has 0 aliphatic heterocycles. The highest BCUT2D eigenvalue weighted by atomic mass is 32.2. The fraction of sp³-hybridized carbons (Fsp3) is 1.00. The summed E-state index contributed by atoms with van der Waals surface area (Å²) in [7, 11) is -0.651. The highest BCUT2D eigenvalue weighted by Gasteiger charge is 2.21. The van der Waals surface area contributed by atoms with Crippen LogP contribution in [0, 0.1) is 5.92 Å². The van der Waals surface area contributed by atoms with Crippen LogP contribution in [-0.2, 0) is 10.8 Å². The first-order valence-corrected chi connectivity index (χ1v) is 8.00. The van der Waals surface area contributed by atoms with Crippen LogP contribution in [0.4, 0.5) is 0 Å². The summed E-state index contributed by atoms with van der Waals surface area (Å²) in [5.74, 6) is 1.66. The summed E-state index contributed by atoms with van der Waals surface area (Å²) in [6.07, 6.45) is 10.0. The van der Waals surface area contributed by atoms with Gasteiger partial charge in [0, 0.05) is 35.4 Å². The first kappa shape index (κ1) is 13.2. The van der Waals surface area contributed by atoms with Gasteiger partial charge in [0.15, 0.2) is 0 Å². The van der Waals surface area contributed by atoms with Crippen molar-refractivity contribution in [1.82, 2.24) is 5.32 Å². The molecule has 2 nitrogen and oxygen atoms in total. The third-order valence-electron chi connectivity index (χ3n) is 3.45. The lowest BCUT2D eigenvalue weighted by molar-refractivity contribution is 0.266. The molecule has 1 aliphatic rings. The monoisotopic (exact) mass is 231 g/mol. The van der Waals surface area contributed by atoms with Gasteiger partial charge in [-0.15, -0.1) is 0 Å². The van der Waals surface area contributed by atoms with Crippen LogP contribution in [0.15, 0.2) is 0 Å². The SMILES string of the molecule is CCC(NCCS(C)=O)C1CCCCC1. The van der Waals surface area contributed by atoms with E-state index in [0.29, 0.717) is 6.04 Å². The lowest BCUT2D eigenvalue weighted by Crippen LogP contribution is -2.38. The molecule has 90 valence electrons. The summed E-state index contributed by atoms with van der Waals surface area (Å²) in [5.41, 5.74) is 0. The molecule has 0 aromatic rings. The molecular weight excluding hydrogens is 206 g/mol. The Morgan fingerprint density at radius 3 is 2.53 bits per heavy atom. The van der Waals surface area contributed by atoms with Gasteiger partial charge in [-0.05, 0) is 25.2 Å². The summed E-state index contributed by atoms with van der Waals surface area (Å²) >= 11 is 0. The van der Waals surface area contributed by atoms with E-state index in [1.54, 1.807) is 6.26 Å². The minimum Gasteiger partial charge on any atom is -0.313 e. The minimum absolute atomic E-state index is 0.651. The maximum Gasteiger partial charge on any atom is 0.0357 e. The Morgan fingerprint density at radius 1 is 1.33 bits per heavy atom. The smallest absolute Gasteiger partial charge is 0.0357 e. The van der Waals surface area contributed by atoms with E-state index in [2.05, 4.69) is 12.2 Å². The number of nitrogens with one attached hydrogen (secondary N) is 1. The van der Waals surface area contributed by atoms with Crippen molar-refractivity contribution in [2.75, 3.05) is 18.6 Å². The quantitative estimate of drug-likeness (QED) is 0.760. The van der Waals surface area contributed by atoms with E-state index in [1.807, 2.05) is 0 Å². The second-order valence-corrected chi connectivity index (χ2v) is 6.20. The molecular formula is C12H25NOS. The van der Waals surface area contributed by atoms with Crippen LogP contribution in [0.1, 0.15) is 45.4 Å². The average Bonchev–Trinajstić information content (AvgIpc) is 2.25. The molecule has 1 N–H and O–H groups in total. The normalized spacial score (nSPS) is 22.5. The van der Waals surface area contributed by atoms with Crippen molar-refractivity contribution < 1.29 is 4.21 Å². The molecule has 1 rings (SSSR count). The van der Waals surface area contributed by atoms with Gasteiger partial charge in [0.05, 0.1) is 0 Å². The molecule has 0 aromatic heterocycles. The van der Waals surface area contributed by atoms with E-state index >= 15 is 0 Å². The Morgan fingerprint density at radius 2 is 2.00 bits per heavy atom. The molecule has 0 aromatic carbocycles. The van der Waals surface area contributed by atoms with Gasteiger partial charge in [-0.2, -0.15) is 0 Å². The molecule has 1 fully saturated rings. The van der Waals surface area contributed by atoms with Gasteiger partial charge in [-0.1, -0.05) is 26.2 Å². The van der Waals surface area contributed by atoms with Crippen LogP contribution in [0.25, 0.3) is 0 Å². The lowest BCUT2D eigenvalue weighted by Gasteiger charge is -2.30. The fourth-order valence-corrected chi connectivity index (χ4v) is 2.97. The van der Waals surface area contributed by atoms with Gasteiger partial charge in [0.1, 0.15) is 0 Å². The zero-order chi connectivity index (χ0) is 11.1. The minimum atomic E-state index is -0.651. The lowest BCUT2D eigenvalue weighted by atomic mass is 9.83. The van der Waals surface area contributed by atoms with E-state index in [-0.39, 0.29) is 0 Å². The molecule has 1 aliphatic carbocycles. The average molecular weight is 231 g/mol. The summed E-state index contributed by atoms with van der Waals surface area (Å²) in [5, 5.41) is 3.58. The predicted molar refractivity (Wildman–Crippen MR) is 67.6 cm³/mol. The first-order valence-electron chi connectivity index (χ1n) is 6.27. The van der Waals surface area contributed by atoms with Crippen molar-refractivity contribution in [2.24, 2.45) is 5.92 Å². The molecule has 1 saturated carbocycles. The van der Waals surface area contributed by atoms with Crippen molar-refractivity contribution >= 4 is 10.8 Å². The van der Waals surface area contributed by atoms with Crippen molar-refractivity contribution in [3.8, 4) is 0 Å². The molecule has 0 spiro atoms. The Hall–Kier alpha value is 0.110. The second-order valence-electron chi connectivity index (χ2n) is 4.64. The Balaban J connectivity index is 2.24. The van der Waals surface area contributed by atoms with Gasteiger partial charge in [-0.3, -0.25) is 4.21 Å². The highest BCUT2D eigenvalue weighted by Crippen LogP contribution is 2.27. The van der Waals surface area contributed by atoms with Gasteiger partial charge >= 0.3 is 0 Å². The fourth-order valence-electron chi connectivity index (χ4n) is 2.57. The van der Waals surface area contributed by atoms with Crippen molar-refractivity contribution in [3.63, 3.8) is 0 Å². The number of hydrogen-bond donors (Lipinski definition) is 1. The van der Waals surface area contributed by atoms with E-state index < -0.39 is 10.8 Å². The van der Waals surface area contributed by atoms with Crippen LogP contribution in [0.2, 0.25) is 0 Å². The van der Waals surface area contributed by atoms with Crippen LogP contribution in [-0.4, -0.2) is 28.8 Å². The largest absolute Gasteiger partial charge is 0.313 e. The third-order valence-corrected chi connectivity index (χ3v) is 4.23. The summed E-state index contributed by atoms with van der Waals surface area (Å²) < 4.78 is 11.0. The van der Waals surface area contributed by atoms with Crippen LogP contribution < -0.4 is 5.32 Å². The van der Waals surface area contributed by atoms with E-state index in [4.69, 9.17) is 0 Å². The summed E-state index contributed by atoms with van der Waals surface area (Å²) in [4.78, 5) is 0. The Labute approximate surface area is 96.7 Å². The van der Waals surface area contributed by atoms with Gasteiger partial charge in [-0.25, -0.2) is 0 Å². The van der Waals surface area contributed by atoms with Crippen molar-refractivity contribution in [1.29, 1.82) is 0 Å². The van der Waals surface area contributed by atoms with Gasteiger partial charge < -0.3 is 5.32 Å². The topological polar surface area (TPSA) is 29.1 Å². The molecule has 0 heterocycles. The molecule has 2 unspecified atom stereocenters. The molecule has 15 heavy (non-hydrogen) atoms. The Bertz CT molecular complexity index is 190. The maximum atomic E-state index is 11.0. The molecule has 2 atom stereocenters. The third kappa shape index (κ3) is 5.12. The van der Waals surface area contributed by atoms with Gasteiger partial charge in [0.25, 0.3) is 0 Å². The molecule has 3 heteroatoms. The molecule has 0 bridgehead atoms. The van der Waals surface area contributed by atoms with E-state index in [0.717, 1.165) is 18.2 Å². The zero-order valence-electron chi connectivity index (χ0n) is 10.1.